The first-order chi connectivity index (χ1) is 7.78. The lowest BCUT2D eigenvalue weighted by molar-refractivity contribution is 0.309. The van der Waals surface area contributed by atoms with Crippen molar-refractivity contribution in [2.45, 2.75) is 18.9 Å². The van der Waals surface area contributed by atoms with Crippen molar-refractivity contribution in [1.82, 2.24) is 0 Å². The van der Waals surface area contributed by atoms with Crippen LogP contribution in [0.15, 0.2) is 29.3 Å². The fourth-order valence-electron chi connectivity index (χ4n) is 1.77. The van der Waals surface area contributed by atoms with Crippen molar-refractivity contribution in [2.75, 3.05) is 13.2 Å². The molecule has 1 aliphatic rings. The lowest BCUT2D eigenvalue weighted by Crippen LogP contribution is -2.10. The first-order valence-electron chi connectivity index (χ1n) is 5.42. The molecule has 0 aliphatic carbocycles. The third-order valence-electron chi connectivity index (χ3n) is 2.49. The number of halogens is 1. The van der Waals surface area contributed by atoms with Gasteiger partial charge < -0.3 is 10.5 Å². The Bertz CT molecular complexity index is 392. The Hall–Kier alpha value is -1.42. The van der Waals surface area contributed by atoms with Crippen molar-refractivity contribution >= 4 is 5.90 Å². The zero-order valence-corrected chi connectivity index (χ0v) is 9.03. The summed E-state index contributed by atoms with van der Waals surface area (Å²) in [5.41, 5.74) is 6.37. The van der Waals surface area contributed by atoms with Gasteiger partial charge in [0.15, 0.2) is 5.90 Å². The first-order valence-corrected chi connectivity index (χ1v) is 5.42. The van der Waals surface area contributed by atoms with Crippen LogP contribution in [0.25, 0.3) is 0 Å². The molecule has 4 heteroatoms. The van der Waals surface area contributed by atoms with E-state index in [1.54, 1.807) is 6.07 Å². The minimum atomic E-state index is -0.206. The Labute approximate surface area is 94.1 Å². The number of ether oxygens (including phenoxy) is 1. The van der Waals surface area contributed by atoms with Crippen LogP contribution in [0.4, 0.5) is 4.39 Å². The van der Waals surface area contributed by atoms with Crippen molar-refractivity contribution < 1.29 is 9.13 Å². The fraction of sp³-hybridized carbons (Fsp3) is 0.417. The number of nitrogens with two attached hydrogens (primary N) is 1. The zero-order chi connectivity index (χ0) is 11.4. The molecule has 86 valence electrons. The quantitative estimate of drug-likeness (QED) is 0.839. The molecule has 2 rings (SSSR count). The van der Waals surface area contributed by atoms with Crippen LogP contribution in [0, 0.1) is 5.82 Å². The summed E-state index contributed by atoms with van der Waals surface area (Å²) < 4.78 is 18.3. The van der Waals surface area contributed by atoms with Gasteiger partial charge >= 0.3 is 0 Å². The van der Waals surface area contributed by atoms with Gasteiger partial charge in [0, 0.05) is 13.0 Å². The van der Waals surface area contributed by atoms with Crippen LogP contribution < -0.4 is 5.73 Å². The number of rotatable bonds is 4. The highest BCUT2D eigenvalue weighted by Gasteiger charge is 2.18. The van der Waals surface area contributed by atoms with Gasteiger partial charge in [-0.15, -0.1) is 0 Å². The van der Waals surface area contributed by atoms with Gasteiger partial charge in [0.05, 0.1) is 6.04 Å². The molecule has 1 aromatic rings. The third kappa shape index (κ3) is 2.79. The Kier molecular flexibility index (Phi) is 3.51. The van der Waals surface area contributed by atoms with Crippen molar-refractivity contribution in [3.05, 3.63) is 35.6 Å². The highest BCUT2D eigenvalue weighted by molar-refractivity contribution is 5.77. The van der Waals surface area contributed by atoms with Crippen molar-refractivity contribution in [1.29, 1.82) is 0 Å². The van der Waals surface area contributed by atoms with Crippen LogP contribution in [0.5, 0.6) is 0 Å². The molecule has 16 heavy (non-hydrogen) atoms. The summed E-state index contributed by atoms with van der Waals surface area (Å²) in [4.78, 5) is 4.39. The Morgan fingerprint density at radius 3 is 3.12 bits per heavy atom. The maximum absolute atomic E-state index is 13.0. The standard InChI is InChI=1S/C12H15FN2O/c13-10-3-1-2-9(6-10)7-11-8-16-12(15-11)4-5-14/h1-3,6,11H,4-5,7-8,14H2. The summed E-state index contributed by atoms with van der Waals surface area (Å²) >= 11 is 0. The van der Waals surface area contributed by atoms with E-state index in [9.17, 15) is 4.39 Å². The maximum Gasteiger partial charge on any atom is 0.184 e. The molecule has 0 saturated carbocycles. The molecule has 0 aromatic heterocycles. The summed E-state index contributed by atoms with van der Waals surface area (Å²) in [6.07, 6.45) is 1.39. The molecule has 0 saturated heterocycles. The van der Waals surface area contributed by atoms with Gasteiger partial charge in [-0.05, 0) is 24.1 Å². The van der Waals surface area contributed by atoms with E-state index in [1.165, 1.54) is 12.1 Å². The second-order valence-corrected chi connectivity index (χ2v) is 3.86. The number of hydrogen-bond acceptors (Lipinski definition) is 3. The molecule has 1 aliphatic heterocycles. The van der Waals surface area contributed by atoms with Crippen LogP contribution in [0.1, 0.15) is 12.0 Å². The normalized spacial score (nSPS) is 19.4. The highest BCUT2D eigenvalue weighted by atomic mass is 19.1. The molecule has 1 unspecified atom stereocenters. The minimum absolute atomic E-state index is 0.100. The van der Waals surface area contributed by atoms with E-state index in [0.717, 1.165) is 11.5 Å². The lowest BCUT2D eigenvalue weighted by Gasteiger charge is -2.04. The summed E-state index contributed by atoms with van der Waals surface area (Å²) in [6, 6.07) is 6.70. The Morgan fingerprint density at radius 2 is 2.38 bits per heavy atom. The average molecular weight is 222 g/mol. The SMILES string of the molecule is NCCC1=NC(Cc2cccc(F)c2)CO1. The molecule has 0 spiro atoms. The summed E-state index contributed by atoms with van der Waals surface area (Å²) in [5, 5.41) is 0. The Balaban J connectivity index is 1.96. The largest absolute Gasteiger partial charge is 0.479 e. The molecule has 3 nitrogen and oxygen atoms in total. The van der Waals surface area contributed by atoms with E-state index >= 15 is 0 Å². The summed E-state index contributed by atoms with van der Waals surface area (Å²) in [5.74, 6) is 0.520. The van der Waals surface area contributed by atoms with E-state index in [-0.39, 0.29) is 11.9 Å². The van der Waals surface area contributed by atoms with Gasteiger partial charge in [0.1, 0.15) is 12.4 Å². The molecule has 0 bridgehead atoms. The van der Waals surface area contributed by atoms with Gasteiger partial charge in [-0.3, -0.25) is 0 Å². The zero-order valence-electron chi connectivity index (χ0n) is 9.03. The van der Waals surface area contributed by atoms with Crippen molar-refractivity contribution in [3.63, 3.8) is 0 Å². The van der Waals surface area contributed by atoms with Crippen LogP contribution in [-0.2, 0) is 11.2 Å². The number of benzene rings is 1. The molecular weight excluding hydrogens is 207 g/mol. The second-order valence-electron chi connectivity index (χ2n) is 3.86. The predicted molar refractivity (Wildman–Crippen MR) is 61.0 cm³/mol. The van der Waals surface area contributed by atoms with Crippen LogP contribution in [0.2, 0.25) is 0 Å². The minimum Gasteiger partial charge on any atom is -0.479 e. The molecular formula is C12H15FN2O. The number of aliphatic imine (C=N–C) groups is 1. The number of nitrogens with zero attached hydrogens (tertiary/aromatic N) is 1. The Morgan fingerprint density at radius 1 is 1.50 bits per heavy atom. The van der Waals surface area contributed by atoms with E-state index in [2.05, 4.69) is 4.99 Å². The molecule has 0 fully saturated rings. The van der Waals surface area contributed by atoms with Gasteiger partial charge in [0.2, 0.25) is 0 Å². The van der Waals surface area contributed by atoms with Crippen molar-refractivity contribution in [3.8, 4) is 0 Å². The average Bonchev–Trinajstić information content (AvgIpc) is 2.66. The maximum atomic E-state index is 13.0. The van der Waals surface area contributed by atoms with Crippen LogP contribution >= 0.6 is 0 Å². The summed E-state index contributed by atoms with van der Waals surface area (Å²) in [7, 11) is 0. The molecule has 1 atom stereocenters. The van der Waals surface area contributed by atoms with Gasteiger partial charge in [-0.25, -0.2) is 9.38 Å². The lowest BCUT2D eigenvalue weighted by atomic mass is 10.1. The van der Waals surface area contributed by atoms with Crippen LogP contribution in [-0.4, -0.2) is 25.1 Å². The number of hydrogen-bond donors (Lipinski definition) is 1. The molecule has 1 heterocycles. The topological polar surface area (TPSA) is 47.6 Å². The fourth-order valence-corrected chi connectivity index (χ4v) is 1.77. The summed E-state index contributed by atoms with van der Waals surface area (Å²) in [6.45, 7) is 1.12. The first kappa shape index (κ1) is 11.1. The van der Waals surface area contributed by atoms with Gasteiger partial charge in [-0.1, -0.05) is 12.1 Å². The predicted octanol–water partition coefficient (Wildman–Crippen LogP) is 1.51. The monoisotopic (exact) mass is 222 g/mol. The highest BCUT2D eigenvalue weighted by Crippen LogP contribution is 2.13. The van der Waals surface area contributed by atoms with E-state index in [0.29, 0.717) is 26.0 Å². The van der Waals surface area contributed by atoms with Gasteiger partial charge in [0.25, 0.3) is 0 Å². The molecule has 1 aromatic carbocycles. The van der Waals surface area contributed by atoms with Crippen LogP contribution in [0.3, 0.4) is 0 Å². The van der Waals surface area contributed by atoms with Crippen molar-refractivity contribution in [2.24, 2.45) is 10.7 Å². The van der Waals surface area contributed by atoms with E-state index < -0.39 is 0 Å². The second kappa shape index (κ2) is 5.07. The van der Waals surface area contributed by atoms with E-state index in [1.807, 2.05) is 6.07 Å². The van der Waals surface area contributed by atoms with Gasteiger partial charge in [-0.2, -0.15) is 0 Å². The molecule has 0 amide bonds. The third-order valence-corrected chi connectivity index (χ3v) is 2.49. The van der Waals surface area contributed by atoms with E-state index in [4.69, 9.17) is 10.5 Å². The smallest absolute Gasteiger partial charge is 0.184 e. The molecule has 2 N–H and O–H groups in total. The molecule has 0 radical (unpaired) electrons.